The molecule has 0 aliphatic heterocycles. The van der Waals surface area contributed by atoms with Crippen molar-refractivity contribution in [1.82, 2.24) is 10.6 Å². The van der Waals surface area contributed by atoms with Crippen molar-refractivity contribution in [1.29, 1.82) is 0 Å². The van der Waals surface area contributed by atoms with E-state index in [0.29, 0.717) is 25.7 Å². The van der Waals surface area contributed by atoms with Crippen molar-refractivity contribution in [3.8, 4) is 0 Å². The van der Waals surface area contributed by atoms with E-state index in [9.17, 15) is 23.7 Å². The van der Waals surface area contributed by atoms with Crippen LogP contribution in [0.4, 0.5) is 0 Å². The van der Waals surface area contributed by atoms with E-state index in [0.717, 1.165) is 0 Å². The fourth-order valence-corrected chi connectivity index (χ4v) is 3.86. The van der Waals surface area contributed by atoms with E-state index in [-0.39, 0.29) is 26.1 Å². The van der Waals surface area contributed by atoms with Crippen LogP contribution in [0.25, 0.3) is 0 Å². The topological polar surface area (TPSA) is 194 Å². The van der Waals surface area contributed by atoms with Crippen molar-refractivity contribution >= 4 is 31.3 Å². The van der Waals surface area contributed by atoms with Gasteiger partial charge in [0.15, 0.2) is 0 Å². The predicted octanol–water partition coefficient (Wildman–Crippen LogP) is 0.648. The highest BCUT2D eigenvalue weighted by atomic mass is 31.2. The number of nitrogens with two attached hydrogens (primary N) is 1. The van der Waals surface area contributed by atoms with E-state index < -0.39 is 49.7 Å². The molecule has 12 nitrogen and oxygen atoms in total. The van der Waals surface area contributed by atoms with Gasteiger partial charge in [0.2, 0.25) is 11.7 Å². The zero-order valence-corrected chi connectivity index (χ0v) is 18.2. The summed E-state index contributed by atoms with van der Waals surface area (Å²) in [5, 5.41) is 21.8. The monoisotopic (exact) mass is 453 g/mol. The van der Waals surface area contributed by atoms with Gasteiger partial charge in [0.1, 0.15) is 12.6 Å². The van der Waals surface area contributed by atoms with Crippen LogP contribution < -0.4 is 16.4 Å². The molecule has 0 aromatic rings. The second-order valence-corrected chi connectivity index (χ2v) is 8.59. The summed E-state index contributed by atoms with van der Waals surface area (Å²) in [7, 11) is -4.21. The zero-order chi connectivity index (χ0) is 23.2. The molecule has 0 spiro atoms. The van der Waals surface area contributed by atoms with Crippen LogP contribution in [0.1, 0.15) is 52.4 Å². The van der Waals surface area contributed by atoms with Gasteiger partial charge in [-0.2, -0.15) is 0 Å². The van der Waals surface area contributed by atoms with E-state index in [4.69, 9.17) is 25.0 Å². The van der Waals surface area contributed by atoms with Gasteiger partial charge in [-0.15, -0.1) is 0 Å². The van der Waals surface area contributed by atoms with Crippen molar-refractivity contribution in [2.45, 2.75) is 64.2 Å². The number of rotatable bonds is 17. The molecule has 0 heterocycles. The average Bonchev–Trinajstić information content (AvgIpc) is 2.68. The second kappa shape index (κ2) is 14.9. The average molecular weight is 453 g/mol. The molecular formula is C17H32N3O9P. The smallest absolute Gasteiger partial charge is 0.362 e. The molecule has 1 unspecified atom stereocenters. The minimum Gasteiger partial charge on any atom is -0.480 e. The lowest BCUT2D eigenvalue weighted by Crippen LogP contribution is -2.48. The number of carboxylic acid groups (broad SMARTS) is 2. The summed E-state index contributed by atoms with van der Waals surface area (Å²) in [6, 6.07) is -1.29. The zero-order valence-electron chi connectivity index (χ0n) is 17.3. The molecule has 0 bridgehead atoms. The Morgan fingerprint density at radius 2 is 1.57 bits per heavy atom. The van der Waals surface area contributed by atoms with E-state index in [1.807, 2.05) is 13.8 Å². The van der Waals surface area contributed by atoms with Crippen molar-refractivity contribution in [2.24, 2.45) is 5.73 Å². The maximum atomic E-state index is 13.3. The molecule has 6 N–H and O–H groups in total. The summed E-state index contributed by atoms with van der Waals surface area (Å²) >= 11 is 0. The third-order valence-corrected chi connectivity index (χ3v) is 5.89. The summed E-state index contributed by atoms with van der Waals surface area (Å²) in [6.45, 7) is 2.98. The first-order chi connectivity index (χ1) is 14.1. The Morgan fingerprint density at radius 3 is 2.00 bits per heavy atom. The minimum absolute atomic E-state index is 0.00235. The van der Waals surface area contributed by atoms with Crippen LogP contribution in [0.15, 0.2) is 0 Å². The predicted molar refractivity (Wildman–Crippen MR) is 107 cm³/mol. The van der Waals surface area contributed by atoms with Crippen molar-refractivity contribution in [2.75, 3.05) is 19.8 Å². The van der Waals surface area contributed by atoms with Gasteiger partial charge in [0, 0.05) is 6.42 Å². The number of hydrogen-bond acceptors (Lipinski definition) is 8. The SMILES string of the molecule is CCCCOP(=O)(OCCCC)C(NC(=O)CC[C@H](N)C(=O)O)C(=O)NCC(=O)O. The molecule has 174 valence electrons. The molecule has 0 radical (unpaired) electrons. The van der Waals surface area contributed by atoms with Gasteiger partial charge in [-0.05, 0) is 19.3 Å². The van der Waals surface area contributed by atoms with E-state index in [1.165, 1.54) is 0 Å². The number of nitrogens with one attached hydrogen (secondary N) is 2. The van der Waals surface area contributed by atoms with Gasteiger partial charge in [-0.25, -0.2) is 0 Å². The third kappa shape index (κ3) is 11.2. The maximum absolute atomic E-state index is 13.3. The summed E-state index contributed by atoms with van der Waals surface area (Å²) in [6.07, 6.45) is 1.88. The van der Waals surface area contributed by atoms with Crippen LogP contribution >= 0.6 is 7.60 Å². The molecular weight excluding hydrogens is 421 g/mol. The Balaban J connectivity index is 5.50. The summed E-state index contributed by atoms with van der Waals surface area (Å²) < 4.78 is 24.1. The number of carbonyl (C=O) groups excluding carboxylic acids is 2. The van der Waals surface area contributed by atoms with Crippen molar-refractivity contribution in [3.05, 3.63) is 0 Å². The van der Waals surface area contributed by atoms with Crippen molar-refractivity contribution in [3.63, 3.8) is 0 Å². The summed E-state index contributed by atoms with van der Waals surface area (Å²) in [5.41, 5.74) is 5.36. The lowest BCUT2D eigenvalue weighted by molar-refractivity contribution is -0.139. The molecule has 0 saturated carbocycles. The van der Waals surface area contributed by atoms with Gasteiger partial charge < -0.3 is 35.6 Å². The first kappa shape index (κ1) is 28.0. The number of carbonyl (C=O) groups is 4. The van der Waals surface area contributed by atoms with E-state index >= 15 is 0 Å². The number of carboxylic acids is 2. The molecule has 30 heavy (non-hydrogen) atoms. The second-order valence-electron chi connectivity index (χ2n) is 6.48. The molecule has 0 aromatic heterocycles. The normalized spacial score (nSPS) is 13.3. The maximum Gasteiger partial charge on any atom is 0.362 e. The Kier molecular flexibility index (Phi) is 13.9. The number of unbranched alkanes of at least 4 members (excludes halogenated alkanes) is 2. The van der Waals surface area contributed by atoms with Gasteiger partial charge >= 0.3 is 19.5 Å². The largest absolute Gasteiger partial charge is 0.480 e. The first-order valence-electron chi connectivity index (χ1n) is 9.73. The summed E-state index contributed by atoms with van der Waals surface area (Å²) in [5.74, 6) is -6.28. The highest BCUT2D eigenvalue weighted by Gasteiger charge is 2.42. The molecule has 2 amide bonds. The van der Waals surface area contributed by atoms with Crippen LogP contribution in [0.3, 0.4) is 0 Å². The van der Waals surface area contributed by atoms with Crippen molar-refractivity contribution < 1.29 is 43.0 Å². The third-order valence-electron chi connectivity index (χ3n) is 3.81. The first-order valence-corrected chi connectivity index (χ1v) is 11.3. The summed E-state index contributed by atoms with van der Waals surface area (Å²) in [4.78, 5) is 46.3. The van der Waals surface area contributed by atoms with Gasteiger partial charge in [-0.3, -0.25) is 23.7 Å². The number of amides is 2. The highest BCUT2D eigenvalue weighted by Crippen LogP contribution is 2.52. The van der Waals surface area contributed by atoms with E-state index in [1.54, 1.807) is 0 Å². The molecule has 0 aliphatic carbocycles. The molecule has 0 rings (SSSR count). The molecule has 0 saturated heterocycles. The molecule has 0 fully saturated rings. The quantitative estimate of drug-likeness (QED) is 0.154. The van der Waals surface area contributed by atoms with Crippen LogP contribution in [0, 0.1) is 0 Å². The molecule has 0 aliphatic rings. The van der Waals surface area contributed by atoms with Crippen LogP contribution in [-0.2, 0) is 32.8 Å². The van der Waals surface area contributed by atoms with Crippen LogP contribution in [-0.4, -0.2) is 65.5 Å². The van der Waals surface area contributed by atoms with Crippen LogP contribution in [0.2, 0.25) is 0 Å². The Bertz CT molecular complexity index is 616. The van der Waals surface area contributed by atoms with Gasteiger partial charge in [0.05, 0.1) is 13.2 Å². The number of aliphatic carboxylic acids is 2. The van der Waals surface area contributed by atoms with Gasteiger partial charge in [-0.1, -0.05) is 26.7 Å². The van der Waals surface area contributed by atoms with Gasteiger partial charge in [0.25, 0.3) is 5.91 Å². The minimum atomic E-state index is -4.21. The molecule has 0 aromatic carbocycles. The lowest BCUT2D eigenvalue weighted by atomic mass is 10.1. The lowest BCUT2D eigenvalue weighted by Gasteiger charge is -2.27. The van der Waals surface area contributed by atoms with E-state index in [2.05, 4.69) is 10.6 Å². The Labute approximate surface area is 175 Å². The Hall–Kier alpha value is -2.01. The molecule has 2 atom stereocenters. The fourth-order valence-electron chi connectivity index (χ4n) is 2.04. The fraction of sp³-hybridized carbons (Fsp3) is 0.765. The highest BCUT2D eigenvalue weighted by molar-refractivity contribution is 7.55. The van der Waals surface area contributed by atoms with Crippen LogP contribution in [0.5, 0.6) is 0 Å². The standard InChI is InChI=1S/C17H32N3O9P/c1-3-5-9-28-30(27,29-10-6-4-2)16(15(24)19-11-14(22)23)20-13(21)8-7-12(18)17(25)26/h12,16H,3-11,18H2,1-2H3,(H,19,24)(H,20,21)(H,22,23)(H,25,26)/t12-,16?/m0/s1. The number of hydrogen-bond donors (Lipinski definition) is 5. The Morgan fingerprint density at radius 1 is 1.03 bits per heavy atom. The molecule has 13 heteroatoms.